The number of halogens is 1. The summed E-state index contributed by atoms with van der Waals surface area (Å²) in [4.78, 5) is 40.9. The van der Waals surface area contributed by atoms with Gasteiger partial charge in [0.2, 0.25) is 5.91 Å². The monoisotopic (exact) mass is 542 g/mol. The summed E-state index contributed by atoms with van der Waals surface area (Å²) in [7, 11) is 1.34. The van der Waals surface area contributed by atoms with E-state index in [4.69, 9.17) is 11.6 Å². The molecule has 0 saturated heterocycles. The summed E-state index contributed by atoms with van der Waals surface area (Å²) < 4.78 is 4.67. The number of rotatable bonds is 13. The van der Waals surface area contributed by atoms with E-state index in [1.165, 1.54) is 12.0 Å². The Hall–Kier alpha value is -3.20. The Morgan fingerprint density at radius 2 is 1.92 bits per heavy atom. The molecular weight excluding hydrogens is 508 g/mol. The highest BCUT2D eigenvalue weighted by atomic mass is 35.5. The summed E-state index contributed by atoms with van der Waals surface area (Å²) >= 11 is 6.22. The minimum absolute atomic E-state index is 0.0566. The average molecular weight is 543 g/mol. The standard InChI is InChI=1S/C29H35ClN2O6/c1-21(9-8-12-26(34)31(17-18-33)20-22-10-4-3-5-11-22)29(37)24-19-23(30)14-15-25(24)32(28(29)36)16-7-6-13-27(35)38-2/h3-5,8-11,14-15,19,21,33,37H,6-7,12-13,16-18,20H2,1-2H3/b9-8+/t21-,29+/m1/s1. The van der Waals surface area contributed by atoms with Crippen molar-refractivity contribution in [1.82, 2.24) is 4.90 Å². The van der Waals surface area contributed by atoms with Crippen LogP contribution in [0.15, 0.2) is 60.7 Å². The van der Waals surface area contributed by atoms with E-state index in [1.807, 2.05) is 30.3 Å². The first-order chi connectivity index (χ1) is 18.2. The van der Waals surface area contributed by atoms with E-state index in [9.17, 15) is 24.6 Å². The van der Waals surface area contributed by atoms with E-state index < -0.39 is 17.4 Å². The number of carbonyl (C=O) groups is 3. The van der Waals surface area contributed by atoms with Gasteiger partial charge in [0.1, 0.15) is 0 Å². The lowest BCUT2D eigenvalue weighted by atomic mass is 9.83. The third kappa shape index (κ3) is 6.81. The van der Waals surface area contributed by atoms with Crippen molar-refractivity contribution in [2.45, 2.75) is 44.8 Å². The topological polar surface area (TPSA) is 107 Å². The number of hydrogen-bond donors (Lipinski definition) is 2. The molecule has 2 aromatic rings. The lowest BCUT2D eigenvalue weighted by Gasteiger charge is -2.28. The number of esters is 1. The SMILES string of the molecule is COC(=O)CCCCN1C(=O)[C@](O)([C@H](C)/C=C/CC(=O)N(CCO)Cc2ccccc2)c2cc(Cl)ccc21. The Kier molecular flexibility index (Phi) is 10.5. The minimum atomic E-state index is -1.85. The van der Waals surface area contributed by atoms with Gasteiger partial charge in [-0.25, -0.2) is 0 Å². The van der Waals surface area contributed by atoms with Gasteiger partial charge in [-0.2, -0.15) is 0 Å². The smallest absolute Gasteiger partial charge is 0.305 e. The van der Waals surface area contributed by atoms with E-state index in [0.29, 0.717) is 42.2 Å². The molecule has 2 amide bonds. The van der Waals surface area contributed by atoms with Gasteiger partial charge < -0.3 is 24.7 Å². The van der Waals surface area contributed by atoms with Crippen LogP contribution in [0.1, 0.15) is 43.7 Å². The van der Waals surface area contributed by atoms with Gasteiger partial charge in [-0.05, 0) is 36.6 Å². The third-order valence-electron chi connectivity index (χ3n) is 6.79. The Labute approximate surface area is 228 Å². The van der Waals surface area contributed by atoms with Crippen LogP contribution in [0.25, 0.3) is 0 Å². The molecule has 0 aliphatic carbocycles. The summed E-state index contributed by atoms with van der Waals surface area (Å²) in [6.07, 6.45) is 4.72. The molecule has 8 nitrogen and oxygen atoms in total. The second-order valence-corrected chi connectivity index (χ2v) is 9.80. The van der Waals surface area contributed by atoms with Gasteiger partial charge in [0.25, 0.3) is 5.91 Å². The number of hydrogen-bond acceptors (Lipinski definition) is 6. The normalized spacial score (nSPS) is 17.5. The lowest BCUT2D eigenvalue weighted by molar-refractivity contribution is -0.140. The summed E-state index contributed by atoms with van der Waals surface area (Å²) in [6, 6.07) is 14.5. The number of ether oxygens (including phenoxy) is 1. The summed E-state index contributed by atoms with van der Waals surface area (Å²) in [6.45, 7) is 2.48. The van der Waals surface area contributed by atoms with Crippen LogP contribution in [0.5, 0.6) is 0 Å². The van der Waals surface area contributed by atoms with Crippen LogP contribution >= 0.6 is 11.6 Å². The number of benzene rings is 2. The fourth-order valence-corrected chi connectivity index (χ4v) is 4.81. The van der Waals surface area contributed by atoms with Crippen LogP contribution in [0.3, 0.4) is 0 Å². The van der Waals surface area contributed by atoms with Gasteiger partial charge >= 0.3 is 5.97 Å². The number of carbonyl (C=O) groups excluding carboxylic acids is 3. The van der Waals surface area contributed by atoms with Gasteiger partial charge in [-0.3, -0.25) is 14.4 Å². The molecule has 0 unspecified atom stereocenters. The molecule has 9 heteroatoms. The Morgan fingerprint density at radius 3 is 2.61 bits per heavy atom. The highest BCUT2D eigenvalue weighted by molar-refractivity contribution is 6.31. The zero-order valence-electron chi connectivity index (χ0n) is 21.8. The van der Waals surface area contributed by atoms with Crippen LogP contribution in [0, 0.1) is 5.92 Å². The zero-order chi connectivity index (χ0) is 27.7. The quantitative estimate of drug-likeness (QED) is 0.226. The molecule has 0 bridgehead atoms. The van der Waals surface area contributed by atoms with E-state index in [-0.39, 0.29) is 37.9 Å². The molecule has 0 fully saturated rings. The molecule has 204 valence electrons. The number of fused-ring (bicyclic) bond motifs is 1. The van der Waals surface area contributed by atoms with Crippen LogP contribution < -0.4 is 4.90 Å². The van der Waals surface area contributed by atoms with E-state index in [2.05, 4.69) is 4.74 Å². The molecule has 0 saturated carbocycles. The van der Waals surface area contributed by atoms with Gasteiger partial charge in [0.15, 0.2) is 5.60 Å². The van der Waals surface area contributed by atoms with Crippen molar-refractivity contribution in [3.05, 3.63) is 76.8 Å². The molecule has 0 radical (unpaired) electrons. The van der Waals surface area contributed by atoms with Gasteiger partial charge in [0.05, 0.1) is 19.4 Å². The van der Waals surface area contributed by atoms with Crippen molar-refractivity contribution in [3.8, 4) is 0 Å². The molecule has 1 aliphatic rings. The maximum absolute atomic E-state index is 13.5. The predicted molar refractivity (Wildman–Crippen MR) is 145 cm³/mol. The van der Waals surface area contributed by atoms with Gasteiger partial charge in [-0.15, -0.1) is 0 Å². The Bertz CT molecular complexity index is 1160. The summed E-state index contributed by atoms with van der Waals surface area (Å²) in [5, 5.41) is 21.5. The maximum atomic E-state index is 13.5. The van der Waals surface area contributed by atoms with Crippen LogP contribution in [0.4, 0.5) is 5.69 Å². The van der Waals surface area contributed by atoms with Gasteiger partial charge in [0, 0.05) is 49.0 Å². The molecular formula is C29H35ClN2O6. The average Bonchev–Trinajstić information content (AvgIpc) is 3.13. The van der Waals surface area contributed by atoms with Crippen molar-refractivity contribution < 1.29 is 29.3 Å². The van der Waals surface area contributed by atoms with Gasteiger partial charge in [-0.1, -0.05) is 61.0 Å². The molecule has 2 N–H and O–H groups in total. The number of unbranched alkanes of at least 4 members (excludes halogenated alkanes) is 1. The molecule has 38 heavy (non-hydrogen) atoms. The second kappa shape index (κ2) is 13.6. The first-order valence-electron chi connectivity index (χ1n) is 12.7. The second-order valence-electron chi connectivity index (χ2n) is 9.36. The molecule has 2 atom stereocenters. The number of methoxy groups -OCH3 is 1. The molecule has 1 heterocycles. The number of anilines is 1. The summed E-state index contributed by atoms with van der Waals surface area (Å²) in [5.41, 5.74) is 0.0973. The highest BCUT2D eigenvalue weighted by Gasteiger charge is 2.52. The molecule has 1 aliphatic heterocycles. The number of aliphatic hydroxyl groups is 2. The van der Waals surface area contributed by atoms with Crippen LogP contribution in [-0.2, 0) is 31.3 Å². The first-order valence-corrected chi connectivity index (χ1v) is 13.1. The Morgan fingerprint density at radius 1 is 1.18 bits per heavy atom. The fraction of sp³-hybridized carbons (Fsp3) is 0.414. The maximum Gasteiger partial charge on any atom is 0.305 e. The fourth-order valence-electron chi connectivity index (χ4n) is 4.64. The van der Waals surface area contributed by atoms with E-state index in [0.717, 1.165) is 5.56 Å². The zero-order valence-corrected chi connectivity index (χ0v) is 22.6. The van der Waals surface area contributed by atoms with E-state index >= 15 is 0 Å². The predicted octanol–water partition coefficient (Wildman–Crippen LogP) is 3.82. The Balaban J connectivity index is 1.71. The van der Waals surface area contributed by atoms with E-state index in [1.54, 1.807) is 42.2 Å². The third-order valence-corrected chi connectivity index (χ3v) is 7.02. The minimum Gasteiger partial charge on any atom is -0.469 e. The first kappa shape index (κ1) is 29.4. The number of nitrogens with zero attached hydrogens (tertiary/aromatic N) is 2. The molecule has 2 aromatic carbocycles. The number of amides is 2. The summed E-state index contributed by atoms with van der Waals surface area (Å²) in [5.74, 6) is -1.61. The van der Waals surface area contributed by atoms with Crippen molar-refractivity contribution in [2.24, 2.45) is 5.92 Å². The largest absolute Gasteiger partial charge is 0.469 e. The molecule has 0 spiro atoms. The van der Waals surface area contributed by atoms with Crippen LogP contribution in [-0.4, -0.2) is 59.7 Å². The van der Waals surface area contributed by atoms with Crippen molar-refractivity contribution in [1.29, 1.82) is 0 Å². The van der Waals surface area contributed by atoms with Crippen LogP contribution in [0.2, 0.25) is 5.02 Å². The van der Waals surface area contributed by atoms with Crippen molar-refractivity contribution >= 4 is 35.1 Å². The van der Waals surface area contributed by atoms with Crippen molar-refractivity contribution in [2.75, 3.05) is 31.7 Å². The molecule has 3 rings (SSSR count). The molecule has 0 aromatic heterocycles. The highest BCUT2D eigenvalue weighted by Crippen LogP contribution is 2.46. The number of aliphatic hydroxyl groups excluding tert-OH is 1. The lowest BCUT2D eigenvalue weighted by Crippen LogP contribution is -2.44. The van der Waals surface area contributed by atoms with Crippen molar-refractivity contribution in [3.63, 3.8) is 0 Å².